The highest BCUT2D eigenvalue weighted by molar-refractivity contribution is 7.92. The predicted octanol–water partition coefficient (Wildman–Crippen LogP) is 3.74. The average molecular weight is 416 g/mol. The number of benzene rings is 3. The molecule has 29 heavy (non-hydrogen) atoms. The van der Waals surface area contributed by atoms with Gasteiger partial charge in [-0.05, 0) is 48.4 Å². The average Bonchev–Trinajstić information content (AvgIpc) is 2.71. The fraction of sp³-hybridized carbons (Fsp3) is 0.0952. The lowest BCUT2D eigenvalue weighted by Crippen LogP contribution is -2.26. The Balaban J connectivity index is 1.69. The molecule has 3 aromatic rings. The van der Waals surface area contributed by atoms with E-state index in [4.69, 9.17) is 0 Å². The molecule has 3 aromatic carbocycles. The number of hydrogen-bond donors (Lipinski definition) is 2. The molecule has 0 aliphatic carbocycles. The third-order valence-corrected chi connectivity index (χ3v) is 5.53. The standard InChI is InChI=1S/C21H18F2N2O3S/c22-18-9-2-1-6-15(18)12-13-24-21(26)16-7-5-8-17(14-16)29(27,28)25-20-11-4-3-10-19(20)23/h1-11,14,25H,12-13H2,(H,24,26). The summed E-state index contributed by atoms with van der Waals surface area (Å²) in [5, 5.41) is 2.63. The topological polar surface area (TPSA) is 75.3 Å². The van der Waals surface area contributed by atoms with Crippen LogP contribution in [-0.4, -0.2) is 20.9 Å². The molecule has 8 heteroatoms. The first-order valence-electron chi connectivity index (χ1n) is 8.76. The third kappa shape index (κ3) is 5.17. The summed E-state index contributed by atoms with van der Waals surface area (Å²) < 4.78 is 54.5. The Morgan fingerprint density at radius 1 is 0.862 bits per heavy atom. The van der Waals surface area contributed by atoms with E-state index in [0.717, 1.165) is 6.07 Å². The SMILES string of the molecule is O=C(NCCc1ccccc1F)c1cccc(S(=O)(=O)Nc2ccccc2F)c1. The molecule has 0 radical (unpaired) electrons. The van der Waals surface area contributed by atoms with Crippen LogP contribution in [0.25, 0.3) is 0 Å². The Hall–Kier alpha value is -3.26. The Labute approximate surface area is 167 Å². The molecule has 0 heterocycles. The van der Waals surface area contributed by atoms with Gasteiger partial charge in [0, 0.05) is 12.1 Å². The van der Waals surface area contributed by atoms with Crippen molar-refractivity contribution in [2.24, 2.45) is 0 Å². The number of halogens is 2. The lowest BCUT2D eigenvalue weighted by molar-refractivity contribution is 0.0954. The predicted molar refractivity (Wildman–Crippen MR) is 106 cm³/mol. The van der Waals surface area contributed by atoms with Crippen LogP contribution in [0, 0.1) is 11.6 Å². The molecule has 0 aliphatic rings. The van der Waals surface area contributed by atoms with Crippen molar-refractivity contribution >= 4 is 21.6 Å². The third-order valence-electron chi connectivity index (χ3n) is 4.16. The van der Waals surface area contributed by atoms with Crippen molar-refractivity contribution in [2.45, 2.75) is 11.3 Å². The molecule has 0 aromatic heterocycles. The monoisotopic (exact) mass is 416 g/mol. The van der Waals surface area contributed by atoms with Crippen molar-refractivity contribution in [3.05, 3.63) is 95.6 Å². The van der Waals surface area contributed by atoms with Gasteiger partial charge in [0.15, 0.2) is 0 Å². The van der Waals surface area contributed by atoms with Crippen LogP contribution in [-0.2, 0) is 16.4 Å². The van der Waals surface area contributed by atoms with Crippen LogP contribution < -0.4 is 10.0 Å². The highest BCUT2D eigenvalue weighted by Gasteiger charge is 2.18. The molecule has 0 bridgehead atoms. The molecular formula is C21H18F2N2O3S. The van der Waals surface area contributed by atoms with Gasteiger partial charge in [-0.2, -0.15) is 0 Å². The van der Waals surface area contributed by atoms with Gasteiger partial charge in [0.25, 0.3) is 15.9 Å². The van der Waals surface area contributed by atoms with E-state index in [-0.39, 0.29) is 28.5 Å². The minimum Gasteiger partial charge on any atom is -0.352 e. The van der Waals surface area contributed by atoms with Crippen LogP contribution in [0.3, 0.4) is 0 Å². The van der Waals surface area contributed by atoms with Gasteiger partial charge in [0.05, 0.1) is 10.6 Å². The van der Waals surface area contributed by atoms with E-state index in [2.05, 4.69) is 10.0 Å². The Morgan fingerprint density at radius 2 is 1.55 bits per heavy atom. The van der Waals surface area contributed by atoms with Crippen LogP contribution in [0.2, 0.25) is 0 Å². The number of rotatable bonds is 7. The van der Waals surface area contributed by atoms with E-state index in [1.54, 1.807) is 18.2 Å². The van der Waals surface area contributed by atoms with Crippen molar-refractivity contribution < 1.29 is 22.0 Å². The van der Waals surface area contributed by atoms with Crippen molar-refractivity contribution in [1.82, 2.24) is 5.32 Å². The Bertz CT molecular complexity index is 1130. The number of sulfonamides is 1. The highest BCUT2D eigenvalue weighted by atomic mass is 32.2. The molecule has 0 spiro atoms. The van der Waals surface area contributed by atoms with E-state index in [1.807, 2.05) is 0 Å². The van der Waals surface area contributed by atoms with Gasteiger partial charge in [-0.3, -0.25) is 9.52 Å². The first-order valence-corrected chi connectivity index (χ1v) is 10.2. The number of nitrogens with one attached hydrogen (secondary N) is 2. The van der Waals surface area contributed by atoms with Gasteiger partial charge < -0.3 is 5.32 Å². The first kappa shape index (κ1) is 20.5. The maximum Gasteiger partial charge on any atom is 0.262 e. The molecule has 5 nitrogen and oxygen atoms in total. The van der Waals surface area contributed by atoms with Crippen LogP contribution in [0.15, 0.2) is 77.7 Å². The number of anilines is 1. The smallest absolute Gasteiger partial charge is 0.262 e. The maximum absolute atomic E-state index is 13.7. The molecule has 1 amide bonds. The van der Waals surface area contributed by atoms with Crippen molar-refractivity contribution in [2.75, 3.05) is 11.3 Å². The van der Waals surface area contributed by atoms with Gasteiger partial charge in [-0.15, -0.1) is 0 Å². The molecule has 0 saturated heterocycles. The van der Waals surface area contributed by atoms with E-state index in [9.17, 15) is 22.0 Å². The molecule has 0 atom stereocenters. The van der Waals surface area contributed by atoms with Crippen molar-refractivity contribution in [3.8, 4) is 0 Å². The second-order valence-corrected chi connectivity index (χ2v) is 7.89. The molecule has 0 saturated carbocycles. The summed E-state index contributed by atoms with van der Waals surface area (Å²) in [6.45, 7) is 0.185. The van der Waals surface area contributed by atoms with Crippen LogP contribution >= 0.6 is 0 Å². The molecule has 150 valence electrons. The largest absolute Gasteiger partial charge is 0.352 e. The molecular weight excluding hydrogens is 398 g/mol. The molecule has 2 N–H and O–H groups in total. The first-order chi connectivity index (χ1) is 13.9. The van der Waals surface area contributed by atoms with Gasteiger partial charge in [0.1, 0.15) is 11.6 Å². The number of carbonyl (C=O) groups is 1. The van der Waals surface area contributed by atoms with E-state index >= 15 is 0 Å². The van der Waals surface area contributed by atoms with E-state index < -0.39 is 21.7 Å². The van der Waals surface area contributed by atoms with Crippen LogP contribution in [0.4, 0.5) is 14.5 Å². The quantitative estimate of drug-likeness (QED) is 0.616. The lowest BCUT2D eigenvalue weighted by Gasteiger charge is -2.10. The molecule has 0 fully saturated rings. The summed E-state index contributed by atoms with van der Waals surface area (Å²) in [6.07, 6.45) is 0.297. The minimum absolute atomic E-state index is 0.120. The zero-order chi connectivity index (χ0) is 20.9. The summed E-state index contributed by atoms with van der Waals surface area (Å²) in [5.74, 6) is -1.56. The zero-order valence-electron chi connectivity index (χ0n) is 15.2. The molecule has 0 unspecified atom stereocenters. The fourth-order valence-electron chi connectivity index (χ4n) is 2.67. The van der Waals surface area contributed by atoms with Gasteiger partial charge in [-0.25, -0.2) is 17.2 Å². The van der Waals surface area contributed by atoms with Crippen molar-refractivity contribution in [3.63, 3.8) is 0 Å². The van der Waals surface area contributed by atoms with Gasteiger partial charge in [-0.1, -0.05) is 36.4 Å². The summed E-state index contributed by atoms with van der Waals surface area (Å²) in [5.41, 5.74) is 0.403. The number of para-hydroxylation sites is 1. The minimum atomic E-state index is -4.08. The van der Waals surface area contributed by atoms with Crippen LogP contribution in [0.5, 0.6) is 0 Å². The number of hydrogen-bond acceptors (Lipinski definition) is 3. The van der Waals surface area contributed by atoms with Gasteiger partial charge >= 0.3 is 0 Å². The lowest BCUT2D eigenvalue weighted by atomic mass is 10.1. The van der Waals surface area contributed by atoms with Gasteiger partial charge in [0.2, 0.25) is 0 Å². The van der Waals surface area contributed by atoms with E-state index in [0.29, 0.717) is 12.0 Å². The maximum atomic E-state index is 13.7. The second-order valence-electron chi connectivity index (χ2n) is 6.21. The van der Waals surface area contributed by atoms with E-state index in [1.165, 1.54) is 48.5 Å². The molecule has 3 rings (SSSR count). The Kier molecular flexibility index (Phi) is 6.23. The summed E-state index contributed by atoms with van der Waals surface area (Å²) in [6, 6.07) is 17.0. The molecule has 0 aliphatic heterocycles. The summed E-state index contributed by atoms with van der Waals surface area (Å²) in [4.78, 5) is 12.2. The normalized spacial score (nSPS) is 11.1. The summed E-state index contributed by atoms with van der Waals surface area (Å²) >= 11 is 0. The highest BCUT2D eigenvalue weighted by Crippen LogP contribution is 2.19. The second kappa shape index (κ2) is 8.83. The Morgan fingerprint density at radius 3 is 2.28 bits per heavy atom. The number of carbonyl (C=O) groups excluding carboxylic acids is 1. The van der Waals surface area contributed by atoms with Crippen LogP contribution in [0.1, 0.15) is 15.9 Å². The summed E-state index contributed by atoms with van der Waals surface area (Å²) in [7, 11) is -4.08. The number of amides is 1. The zero-order valence-corrected chi connectivity index (χ0v) is 16.0. The van der Waals surface area contributed by atoms with Crippen molar-refractivity contribution in [1.29, 1.82) is 0 Å². The fourth-order valence-corrected chi connectivity index (χ4v) is 3.78.